The van der Waals surface area contributed by atoms with Crippen molar-refractivity contribution in [3.05, 3.63) is 65.4 Å². The lowest BCUT2D eigenvalue weighted by Gasteiger charge is -2.31. The van der Waals surface area contributed by atoms with Gasteiger partial charge in [-0.2, -0.15) is 18.2 Å². The van der Waals surface area contributed by atoms with Gasteiger partial charge in [-0.1, -0.05) is 17.8 Å². The van der Waals surface area contributed by atoms with Crippen LogP contribution in [-0.2, 0) is 6.18 Å². The zero-order valence-corrected chi connectivity index (χ0v) is 21.1. The first-order chi connectivity index (χ1) is 18.6. The van der Waals surface area contributed by atoms with Crippen LogP contribution in [0, 0.1) is 11.6 Å². The highest BCUT2D eigenvalue weighted by Gasteiger charge is 2.35. The zero-order chi connectivity index (χ0) is 28.2. The number of piperidine rings is 1. The molecule has 0 aliphatic carbocycles. The second-order valence-electron chi connectivity index (χ2n) is 8.26. The molecule has 0 spiro atoms. The van der Waals surface area contributed by atoms with E-state index in [1.807, 2.05) is 0 Å². The van der Waals surface area contributed by atoms with Crippen molar-refractivity contribution < 1.29 is 41.0 Å². The molecule has 1 aliphatic rings. The quantitative estimate of drug-likeness (QED) is 0.170. The summed E-state index contributed by atoms with van der Waals surface area (Å²) in [5.74, 6) is -5.50. The minimum absolute atomic E-state index is 0.118. The summed E-state index contributed by atoms with van der Waals surface area (Å²) in [4.78, 5) is 41.8. The monoisotopic (exact) mass is 569 g/mol. The second-order valence-corrected chi connectivity index (χ2v) is 9.04. The summed E-state index contributed by atoms with van der Waals surface area (Å²) in [5.41, 5.74) is 0.516. The topological polar surface area (TPSA) is 107 Å². The standard InChI is InChI=1S/C24H20F5N5O4S/c1-39-22-31-11-14(17(35)12-37-18-5-8-30-21(32-18)24(27,28)29)19(33-22)13-6-9-34(10-7-13)23(36)38-20-15(25)3-2-4-16(20)26/h2-5,8,11,13H,6-7,9-10,12H2,1H3. The van der Waals surface area contributed by atoms with Gasteiger partial charge in [0, 0.05) is 37.5 Å². The van der Waals surface area contributed by atoms with Crippen LogP contribution in [0.25, 0.3) is 0 Å². The van der Waals surface area contributed by atoms with Gasteiger partial charge in [0.15, 0.2) is 23.4 Å². The average molecular weight is 570 g/mol. The first-order valence-electron chi connectivity index (χ1n) is 11.4. The van der Waals surface area contributed by atoms with Crippen LogP contribution in [0.15, 0.2) is 41.8 Å². The summed E-state index contributed by atoms with van der Waals surface area (Å²) in [5, 5.41) is 0.393. The van der Waals surface area contributed by atoms with Crippen molar-refractivity contribution >= 4 is 23.6 Å². The Morgan fingerprint density at radius 3 is 2.41 bits per heavy atom. The van der Waals surface area contributed by atoms with Gasteiger partial charge in [0.05, 0.1) is 11.3 Å². The molecule has 15 heteroatoms. The van der Waals surface area contributed by atoms with Crippen molar-refractivity contribution in [2.24, 2.45) is 0 Å². The van der Waals surface area contributed by atoms with Gasteiger partial charge in [-0.25, -0.2) is 28.5 Å². The smallest absolute Gasteiger partial charge is 0.451 e. The Morgan fingerprint density at radius 2 is 1.77 bits per heavy atom. The van der Waals surface area contributed by atoms with E-state index in [-0.39, 0.29) is 24.6 Å². The van der Waals surface area contributed by atoms with Crippen LogP contribution < -0.4 is 9.47 Å². The molecule has 4 rings (SSSR count). The number of carbonyl (C=O) groups excluding carboxylic acids is 2. The van der Waals surface area contributed by atoms with E-state index in [1.165, 1.54) is 22.9 Å². The number of alkyl halides is 3. The predicted molar refractivity (Wildman–Crippen MR) is 127 cm³/mol. The van der Waals surface area contributed by atoms with Gasteiger partial charge in [0.2, 0.25) is 23.2 Å². The van der Waals surface area contributed by atoms with E-state index in [4.69, 9.17) is 9.47 Å². The number of hydrogen-bond acceptors (Lipinski definition) is 9. The number of ketones is 1. The van der Waals surface area contributed by atoms with Crippen LogP contribution in [0.2, 0.25) is 0 Å². The van der Waals surface area contributed by atoms with Gasteiger partial charge >= 0.3 is 12.3 Å². The summed E-state index contributed by atoms with van der Waals surface area (Å²) in [6.45, 7) is -0.310. The number of Topliss-reactive ketones (excluding diaryl/α,β-unsaturated/α-hetero) is 1. The van der Waals surface area contributed by atoms with Crippen molar-refractivity contribution in [2.75, 3.05) is 26.0 Å². The number of nitrogens with zero attached hydrogens (tertiary/aromatic N) is 5. The van der Waals surface area contributed by atoms with Crippen molar-refractivity contribution in [2.45, 2.75) is 30.1 Å². The molecular weight excluding hydrogens is 549 g/mol. The Balaban J connectivity index is 1.44. The fourth-order valence-electron chi connectivity index (χ4n) is 3.85. The van der Waals surface area contributed by atoms with E-state index in [1.54, 1.807) is 6.26 Å². The molecule has 3 heterocycles. The van der Waals surface area contributed by atoms with Crippen LogP contribution in [0.4, 0.5) is 26.7 Å². The van der Waals surface area contributed by atoms with Crippen molar-refractivity contribution in [3.63, 3.8) is 0 Å². The number of ether oxygens (including phenoxy) is 2. The molecule has 1 aromatic carbocycles. The van der Waals surface area contributed by atoms with E-state index in [0.29, 0.717) is 23.7 Å². The zero-order valence-electron chi connectivity index (χ0n) is 20.2. The normalized spacial score (nSPS) is 14.3. The number of halogens is 5. The highest BCUT2D eigenvalue weighted by atomic mass is 32.2. The largest absolute Gasteiger partial charge is 0.469 e. The SMILES string of the molecule is CSc1ncc(C(=O)COc2ccnc(C(F)(F)F)n2)c(C2CCN(C(=O)Oc3c(F)cccc3F)CC2)n1. The Kier molecular flexibility index (Phi) is 8.57. The molecule has 1 fully saturated rings. The molecule has 0 radical (unpaired) electrons. The molecule has 206 valence electrons. The number of carbonyl (C=O) groups is 2. The van der Waals surface area contributed by atoms with Crippen molar-refractivity contribution in [1.82, 2.24) is 24.8 Å². The molecule has 9 nitrogen and oxygen atoms in total. The number of aromatic nitrogens is 4. The first kappa shape index (κ1) is 28.1. The Bertz CT molecular complexity index is 1350. The maximum absolute atomic E-state index is 13.8. The predicted octanol–water partition coefficient (Wildman–Crippen LogP) is 4.93. The van der Waals surface area contributed by atoms with E-state index >= 15 is 0 Å². The molecule has 0 atom stereocenters. The minimum atomic E-state index is -4.78. The molecule has 1 amide bonds. The summed E-state index contributed by atoms with van der Waals surface area (Å²) >= 11 is 1.25. The summed E-state index contributed by atoms with van der Waals surface area (Å²) in [6.07, 6.45) is -1.05. The summed E-state index contributed by atoms with van der Waals surface area (Å²) < 4.78 is 76.4. The number of benzene rings is 1. The van der Waals surface area contributed by atoms with E-state index < -0.39 is 53.7 Å². The maximum Gasteiger partial charge on any atom is 0.451 e. The minimum Gasteiger partial charge on any atom is -0.469 e. The fourth-order valence-corrected chi connectivity index (χ4v) is 4.19. The second kappa shape index (κ2) is 11.9. The van der Waals surface area contributed by atoms with E-state index in [0.717, 1.165) is 30.5 Å². The van der Waals surface area contributed by atoms with Crippen LogP contribution >= 0.6 is 11.8 Å². The lowest BCUT2D eigenvalue weighted by atomic mass is 9.90. The summed E-state index contributed by atoms with van der Waals surface area (Å²) in [7, 11) is 0. The van der Waals surface area contributed by atoms with Gasteiger partial charge in [-0.05, 0) is 31.2 Å². The third-order valence-corrected chi connectivity index (χ3v) is 6.32. The Hall–Kier alpha value is -3.88. The fraction of sp³-hybridized carbons (Fsp3) is 0.333. The first-order valence-corrected chi connectivity index (χ1v) is 12.7. The number of hydrogen-bond donors (Lipinski definition) is 0. The van der Waals surface area contributed by atoms with Crippen molar-refractivity contribution in [3.8, 4) is 11.6 Å². The number of para-hydroxylation sites is 1. The van der Waals surface area contributed by atoms with Crippen LogP contribution in [0.3, 0.4) is 0 Å². The molecule has 0 saturated carbocycles. The Morgan fingerprint density at radius 1 is 1.08 bits per heavy atom. The lowest BCUT2D eigenvalue weighted by molar-refractivity contribution is -0.145. The van der Waals surface area contributed by atoms with Gasteiger partial charge in [-0.3, -0.25) is 4.79 Å². The number of likely N-dealkylation sites (tertiary alicyclic amines) is 1. The maximum atomic E-state index is 13.8. The molecule has 0 bridgehead atoms. The average Bonchev–Trinajstić information content (AvgIpc) is 2.93. The number of rotatable bonds is 7. The summed E-state index contributed by atoms with van der Waals surface area (Å²) in [6, 6.07) is 4.19. The van der Waals surface area contributed by atoms with Crippen LogP contribution in [0.5, 0.6) is 11.6 Å². The third-order valence-electron chi connectivity index (χ3n) is 5.76. The van der Waals surface area contributed by atoms with Crippen molar-refractivity contribution in [1.29, 1.82) is 0 Å². The highest BCUT2D eigenvalue weighted by molar-refractivity contribution is 7.98. The molecule has 3 aromatic rings. The number of amides is 1. The molecule has 0 unspecified atom stereocenters. The van der Waals surface area contributed by atoms with E-state index in [2.05, 4.69) is 19.9 Å². The van der Waals surface area contributed by atoms with Gasteiger partial charge < -0.3 is 14.4 Å². The molecule has 2 aromatic heterocycles. The number of thioether (sulfide) groups is 1. The third kappa shape index (κ3) is 6.77. The highest BCUT2D eigenvalue weighted by Crippen LogP contribution is 2.31. The van der Waals surface area contributed by atoms with Gasteiger partial charge in [0.25, 0.3) is 0 Å². The van der Waals surface area contributed by atoms with Gasteiger partial charge in [0.1, 0.15) is 0 Å². The van der Waals surface area contributed by atoms with Gasteiger partial charge in [-0.15, -0.1) is 0 Å². The molecule has 1 aliphatic heterocycles. The van der Waals surface area contributed by atoms with Crippen LogP contribution in [0.1, 0.15) is 40.6 Å². The van der Waals surface area contributed by atoms with E-state index in [9.17, 15) is 31.5 Å². The molecule has 39 heavy (non-hydrogen) atoms. The molecule has 0 N–H and O–H groups in total. The molecular formula is C24H20F5N5O4S. The lowest BCUT2D eigenvalue weighted by Crippen LogP contribution is -2.40. The Labute approximate surface area is 222 Å². The molecule has 1 saturated heterocycles. The van der Waals surface area contributed by atoms with Crippen LogP contribution in [-0.4, -0.2) is 62.7 Å².